The molecule has 1 rings (SSSR count). The van der Waals surface area contributed by atoms with Crippen LogP contribution >= 0.6 is 0 Å². The Labute approximate surface area is 91.1 Å². The maximum Gasteiger partial charge on any atom is 0.162 e. The summed E-state index contributed by atoms with van der Waals surface area (Å²) in [6.45, 7) is 5.32. The fraction of sp³-hybridized carbons (Fsp3) is 0.500. The van der Waals surface area contributed by atoms with E-state index in [1.54, 1.807) is 19.2 Å². The minimum atomic E-state index is 0.173. The fourth-order valence-electron chi connectivity index (χ4n) is 1.29. The van der Waals surface area contributed by atoms with Gasteiger partial charge in [0.15, 0.2) is 11.5 Å². The van der Waals surface area contributed by atoms with E-state index in [1.807, 2.05) is 6.07 Å². The number of rotatable bonds is 5. The van der Waals surface area contributed by atoms with E-state index in [1.165, 1.54) is 0 Å². The highest BCUT2D eigenvalue weighted by Crippen LogP contribution is 2.28. The third kappa shape index (κ3) is 3.70. The maximum atomic E-state index is 9.40. The van der Waals surface area contributed by atoms with Crippen molar-refractivity contribution in [1.29, 1.82) is 0 Å². The van der Waals surface area contributed by atoms with Gasteiger partial charge in [0, 0.05) is 18.3 Å². The Morgan fingerprint density at radius 1 is 1.40 bits per heavy atom. The minimum Gasteiger partial charge on any atom is -0.504 e. The van der Waals surface area contributed by atoms with Gasteiger partial charge < -0.3 is 15.2 Å². The zero-order chi connectivity index (χ0) is 11.3. The number of hydrogen-bond donors (Lipinski definition) is 2. The molecular weight excluding hydrogens is 190 g/mol. The molecule has 0 bridgehead atoms. The molecule has 1 aromatic rings. The number of nitrogens with one attached hydrogen (secondary N) is 1. The highest BCUT2D eigenvalue weighted by molar-refractivity contribution is 5.54. The molecule has 84 valence electrons. The van der Waals surface area contributed by atoms with Crippen LogP contribution in [-0.4, -0.2) is 18.8 Å². The van der Waals surface area contributed by atoms with Crippen LogP contribution in [0.25, 0.3) is 0 Å². The standard InChI is InChI=1S/C12H19NO2/c1-9(2)6-7-13-10-4-5-11(14)12(8-10)15-3/h4-5,8-9,13-14H,6-7H2,1-3H3. The fourth-order valence-corrected chi connectivity index (χ4v) is 1.29. The molecule has 0 aliphatic carbocycles. The Kier molecular flexibility index (Phi) is 4.28. The number of methoxy groups -OCH3 is 1. The van der Waals surface area contributed by atoms with Gasteiger partial charge in [-0.2, -0.15) is 0 Å². The van der Waals surface area contributed by atoms with Crippen molar-refractivity contribution in [2.24, 2.45) is 5.92 Å². The van der Waals surface area contributed by atoms with Gasteiger partial charge >= 0.3 is 0 Å². The van der Waals surface area contributed by atoms with Gasteiger partial charge in [-0.1, -0.05) is 13.8 Å². The maximum absolute atomic E-state index is 9.40. The molecule has 0 spiro atoms. The van der Waals surface area contributed by atoms with Crippen molar-refractivity contribution in [3.05, 3.63) is 18.2 Å². The van der Waals surface area contributed by atoms with Gasteiger partial charge in [-0.3, -0.25) is 0 Å². The molecule has 0 aliphatic heterocycles. The summed E-state index contributed by atoms with van der Waals surface area (Å²) in [4.78, 5) is 0. The number of phenolic OH excluding ortho intramolecular Hbond substituents is 1. The van der Waals surface area contributed by atoms with Crippen LogP contribution in [0.4, 0.5) is 5.69 Å². The van der Waals surface area contributed by atoms with Gasteiger partial charge in [-0.05, 0) is 24.5 Å². The molecule has 1 aromatic carbocycles. The molecule has 0 atom stereocenters. The lowest BCUT2D eigenvalue weighted by molar-refractivity contribution is 0.373. The van der Waals surface area contributed by atoms with Crippen LogP contribution in [-0.2, 0) is 0 Å². The molecule has 0 aromatic heterocycles. The molecule has 0 radical (unpaired) electrons. The predicted octanol–water partition coefficient (Wildman–Crippen LogP) is 2.86. The van der Waals surface area contributed by atoms with Crippen LogP contribution in [0.2, 0.25) is 0 Å². The topological polar surface area (TPSA) is 41.5 Å². The molecule has 0 unspecified atom stereocenters. The first-order valence-electron chi connectivity index (χ1n) is 5.24. The summed E-state index contributed by atoms with van der Waals surface area (Å²) in [5, 5.41) is 12.7. The second-order valence-electron chi connectivity index (χ2n) is 4.00. The van der Waals surface area contributed by atoms with E-state index >= 15 is 0 Å². The number of anilines is 1. The Morgan fingerprint density at radius 2 is 2.13 bits per heavy atom. The number of hydrogen-bond acceptors (Lipinski definition) is 3. The SMILES string of the molecule is COc1cc(NCCC(C)C)ccc1O. The highest BCUT2D eigenvalue weighted by atomic mass is 16.5. The van der Waals surface area contributed by atoms with E-state index in [0.29, 0.717) is 11.7 Å². The van der Waals surface area contributed by atoms with E-state index < -0.39 is 0 Å². The molecule has 0 amide bonds. The van der Waals surface area contributed by atoms with Crippen molar-refractivity contribution in [3.8, 4) is 11.5 Å². The lowest BCUT2D eigenvalue weighted by atomic mass is 10.1. The Bertz CT molecular complexity index is 310. The van der Waals surface area contributed by atoms with Crippen molar-refractivity contribution < 1.29 is 9.84 Å². The van der Waals surface area contributed by atoms with Crippen LogP contribution < -0.4 is 10.1 Å². The van der Waals surface area contributed by atoms with Crippen LogP contribution in [0, 0.1) is 5.92 Å². The third-order valence-corrected chi connectivity index (χ3v) is 2.23. The van der Waals surface area contributed by atoms with Crippen molar-refractivity contribution in [1.82, 2.24) is 0 Å². The first-order chi connectivity index (χ1) is 7.13. The number of aromatic hydroxyl groups is 1. The van der Waals surface area contributed by atoms with E-state index in [-0.39, 0.29) is 5.75 Å². The molecule has 3 heteroatoms. The van der Waals surface area contributed by atoms with Gasteiger partial charge in [0.2, 0.25) is 0 Å². The van der Waals surface area contributed by atoms with Crippen molar-refractivity contribution in [3.63, 3.8) is 0 Å². The Hall–Kier alpha value is -1.38. The summed E-state index contributed by atoms with van der Waals surface area (Å²) in [5.41, 5.74) is 0.977. The van der Waals surface area contributed by atoms with Gasteiger partial charge in [-0.15, -0.1) is 0 Å². The molecule has 3 nitrogen and oxygen atoms in total. The molecular formula is C12H19NO2. The van der Waals surface area contributed by atoms with Crippen LogP contribution in [0.1, 0.15) is 20.3 Å². The van der Waals surface area contributed by atoms with Crippen LogP contribution in [0.5, 0.6) is 11.5 Å². The van der Waals surface area contributed by atoms with E-state index in [9.17, 15) is 5.11 Å². The highest BCUT2D eigenvalue weighted by Gasteiger charge is 2.02. The summed E-state index contributed by atoms with van der Waals surface area (Å²) < 4.78 is 5.02. The lowest BCUT2D eigenvalue weighted by Crippen LogP contribution is -2.04. The zero-order valence-corrected chi connectivity index (χ0v) is 9.58. The molecule has 0 aliphatic rings. The Balaban J connectivity index is 2.54. The quantitative estimate of drug-likeness (QED) is 0.733. The second kappa shape index (κ2) is 5.49. The molecule has 0 heterocycles. The third-order valence-electron chi connectivity index (χ3n) is 2.23. The van der Waals surface area contributed by atoms with Crippen LogP contribution in [0.15, 0.2) is 18.2 Å². The largest absolute Gasteiger partial charge is 0.504 e. The van der Waals surface area contributed by atoms with Crippen molar-refractivity contribution in [2.75, 3.05) is 19.0 Å². The van der Waals surface area contributed by atoms with Crippen molar-refractivity contribution in [2.45, 2.75) is 20.3 Å². The first kappa shape index (κ1) is 11.7. The lowest BCUT2D eigenvalue weighted by Gasteiger charge is -2.10. The molecule has 2 N–H and O–H groups in total. The van der Waals surface area contributed by atoms with Gasteiger partial charge in [0.1, 0.15) is 0 Å². The van der Waals surface area contributed by atoms with Crippen molar-refractivity contribution >= 4 is 5.69 Å². The van der Waals surface area contributed by atoms with Crippen LogP contribution in [0.3, 0.4) is 0 Å². The van der Waals surface area contributed by atoms with Gasteiger partial charge in [-0.25, -0.2) is 0 Å². The average Bonchev–Trinajstić information content (AvgIpc) is 2.20. The summed E-state index contributed by atoms with van der Waals surface area (Å²) >= 11 is 0. The number of ether oxygens (including phenoxy) is 1. The van der Waals surface area contributed by atoms with E-state index in [4.69, 9.17) is 4.74 Å². The zero-order valence-electron chi connectivity index (χ0n) is 9.58. The average molecular weight is 209 g/mol. The predicted molar refractivity (Wildman–Crippen MR) is 62.6 cm³/mol. The molecule has 0 saturated heterocycles. The summed E-state index contributed by atoms with van der Waals surface area (Å²) in [7, 11) is 1.55. The van der Waals surface area contributed by atoms with E-state index in [0.717, 1.165) is 18.7 Å². The normalized spacial score (nSPS) is 10.4. The molecule has 0 fully saturated rings. The first-order valence-corrected chi connectivity index (χ1v) is 5.24. The molecule has 15 heavy (non-hydrogen) atoms. The second-order valence-corrected chi connectivity index (χ2v) is 4.00. The summed E-state index contributed by atoms with van der Waals surface area (Å²) in [6.07, 6.45) is 1.13. The minimum absolute atomic E-state index is 0.173. The molecule has 0 saturated carbocycles. The van der Waals surface area contributed by atoms with Gasteiger partial charge in [0.05, 0.1) is 7.11 Å². The summed E-state index contributed by atoms with van der Waals surface area (Å²) in [5.74, 6) is 1.37. The monoisotopic (exact) mass is 209 g/mol. The summed E-state index contributed by atoms with van der Waals surface area (Å²) in [6, 6.07) is 5.28. The Morgan fingerprint density at radius 3 is 2.73 bits per heavy atom. The number of benzene rings is 1. The van der Waals surface area contributed by atoms with Gasteiger partial charge in [0.25, 0.3) is 0 Å². The smallest absolute Gasteiger partial charge is 0.162 e. The number of phenols is 1. The van der Waals surface area contributed by atoms with E-state index in [2.05, 4.69) is 19.2 Å².